The summed E-state index contributed by atoms with van der Waals surface area (Å²) in [7, 11) is 1.75. The van der Waals surface area contributed by atoms with Gasteiger partial charge in [-0.2, -0.15) is 0 Å². The number of para-hydroxylation sites is 1. The number of carboxylic acids is 1. The average Bonchev–Trinajstić information content (AvgIpc) is 3.56. The van der Waals surface area contributed by atoms with Crippen molar-refractivity contribution < 1.29 is 48.9 Å². The molecule has 5 rings (SSSR count). The summed E-state index contributed by atoms with van der Waals surface area (Å²) in [4.78, 5) is 13.7. The molecule has 38 heavy (non-hydrogen) atoms. The Labute approximate surface area is 246 Å². The molecule has 2 heterocycles. The largest absolute Gasteiger partial charge is 1.00 e. The molecule has 0 amide bonds. The van der Waals surface area contributed by atoms with Gasteiger partial charge in [0.05, 0.1) is 13.1 Å². The Hall–Kier alpha value is -2.77. The molecule has 1 aliphatic heterocycles. The molecule has 1 aromatic heterocycles. The number of aliphatic carboxylic acids is 1. The average molecular weight is 521 g/mol. The first kappa shape index (κ1) is 28.2. The zero-order chi connectivity index (χ0) is 25.8. The minimum atomic E-state index is -1.20. The number of aromatic nitrogens is 1. The summed E-state index contributed by atoms with van der Waals surface area (Å²) >= 11 is 0. The maximum atomic E-state index is 11.2. The predicted molar refractivity (Wildman–Crippen MR) is 144 cm³/mol. The van der Waals surface area contributed by atoms with Crippen molar-refractivity contribution in [2.75, 3.05) is 20.2 Å². The molecular formula is C31H33N2NaO4. The smallest absolute Gasteiger partial charge is 0.546 e. The van der Waals surface area contributed by atoms with E-state index in [2.05, 4.69) is 51.9 Å². The molecule has 0 aliphatic carbocycles. The van der Waals surface area contributed by atoms with Gasteiger partial charge in [0.2, 0.25) is 0 Å². The van der Waals surface area contributed by atoms with Crippen LogP contribution in [0.4, 0.5) is 0 Å². The fourth-order valence-electron chi connectivity index (χ4n) is 5.17. The molecule has 0 spiro atoms. The van der Waals surface area contributed by atoms with Crippen molar-refractivity contribution in [3.63, 3.8) is 0 Å². The molecule has 1 atom stereocenters. The zero-order valence-electron chi connectivity index (χ0n) is 22.5. The number of rotatable bonds is 10. The van der Waals surface area contributed by atoms with Crippen LogP contribution in [-0.4, -0.2) is 41.7 Å². The minimum Gasteiger partial charge on any atom is -0.546 e. The van der Waals surface area contributed by atoms with E-state index in [1.54, 1.807) is 14.0 Å². The Morgan fingerprint density at radius 2 is 1.71 bits per heavy atom. The minimum absolute atomic E-state index is 0. The monoisotopic (exact) mass is 520 g/mol. The second-order valence-electron chi connectivity index (χ2n) is 9.66. The van der Waals surface area contributed by atoms with Crippen LogP contribution in [0.1, 0.15) is 37.3 Å². The molecule has 1 fully saturated rings. The van der Waals surface area contributed by atoms with Gasteiger partial charge in [-0.05, 0) is 85.9 Å². The van der Waals surface area contributed by atoms with Crippen molar-refractivity contribution in [2.24, 2.45) is 0 Å². The molecule has 3 aromatic carbocycles. The SMILES string of the molecule is CCC(Oc1ccc(-c2cc3ccccc3n2Cc2ccc(CN3CCCC3)c(OC)c2)cc1)C(=O)[O-].[Na+]. The van der Waals surface area contributed by atoms with Crippen LogP contribution in [0, 0.1) is 0 Å². The maximum Gasteiger partial charge on any atom is 1.00 e. The number of carbonyl (C=O) groups excluding carboxylic acids is 1. The maximum absolute atomic E-state index is 11.2. The van der Waals surface area contributed by atoms with Crippen molar-refractivity contribution in [3.8, 4) is 22.8 Å². The van der Waals surface area contributed by atoms with Gasteiger partial charge in [0, 0.05) is 35.2 Å². The molecule has 7 heteroatoms. The van der Waals surface area contributed by atoms with E-state index in [1.165, 1.54) is 29.4 Å². The summed E-state index contributed by atoms with van der Waals surface area (Å²) < 4.78 is 13.7. The molecule has 1 saturated heterocycles. The molecule has 0 N–H and O–H groups in total. The van der Waals surface area contributed by atoms with E-state index in [1.807, 2.05) is 30.3 Å². The second-order valence-corrected chi connectivity index (χ2v) is 9.66. The Kier molecular flexibility index (Phi) is 9.55. The zero-order valence-corrected chi connectivity index (χ0v) is 24.5. The van der Waals surface area contributed by atoms with Gasteiger partial charge >= 0.3 is 29.6 Å². The number of hydrogen-bond donors (Lipinski definition) is 0. The van der Waals surface area contributed by atoms with Crippen LogP contribution in [0.15, 0.2) is 72.8 Å². The van der Waals surface area contributed by atoms with Gasteiger partial charge in [0.15, 0.2) is 0 Å². The molecule has 0 radical (unpaired) electrons. The Bertz CT molecular complexity index is 1380. The molecule has 6 nitrogen and oxygen atoms in total. The number of methoxy groups -OCH3 is 1. The summed E-state index contributed by atoms with van der Waals surface area (Å²) in [5.74, 6) is 0.247. The topological polar surface area (TPSA) is 66.8 Å². The first-order chi connectivity index (χ1) is 18.1. The van der Waals surface area contributed by atoms with Crippen LogP contribution in [0.3, 0.4) is 0 Å². The summed E-state index contributed by atoms with van der Waals surface area (Å²) in [5.41, 5.74) is 5.66. The van der Waals surface area contributed by atoms with Gasteiger partial charge in [-0.1, -0.05) is 37.3 Å². The van der Waals surface area contributed by atoms with E-state index in [0.29, 0.717) is 18.7 Å². The van der Waals surface area contributed by atoms with Gasteiger partial charge in [-0.3, -0.25) is 4.90 Å². The fourth-order valence-corrected chi connectivity index (χ4v) is 5.17. The summed E-state index contributed by atoms with van der Waals surface area (Å²) in [6.07, 6.45) is 1.93. The Morgan fingerprint density at radius 1 is 0.974 bits per heavy atom. The molecule has 192 valence electrons. The molecule has 0 saturated carbocycles. The third kappa shape index (κ3) is 6.26. The molecule has 0 bridgehead atoms. The van der Waals surface area contributed by atoms with Crippen molar-refractivity contribution in [3.05, 3.63) is 83.9 Å². The molecule has 1 unspecified atom stereocenters. The van der Waals surface area contributed by atoms with Gasteiger partial charge in [0.1, 0.15) is 17.6 Å². The summed E-state index contributed by atoms with van der Waals surface area (Å²) in [6.45, 7) is 5.69. The van der Waals surface area contributed by atoms with Crippen LogP contribution in [-0.2, 0) is 17.9 Å². The van der Waals surface area contributed by atoms with Gasteiger partial charge in [0.25, 0.3) is 0 Å². The van der Waals surface area contributed by atoms with Crippen molar-refractivity contribution >= 4 is 16.9 Å². The number of nitrogens with zero attached hydrogens (tertiary/aromatic N) is 2. The van der Waals surface area contributed by atoms with E-state index < -0.39 is 12.1 Å². The normalized spacial score (nSPS) is 14.3. The van der Waals surface area contributed by atoms with Crippen molar-refractivity contribution in [1.82, 2.24) is 9.47 Å². The van der Waals surface area contributed by atoms with E-state index in [4.69, 9.17) is 9.47 Å². The Balaban J connectivity index is 0.00000336. The first-order valence-electron chi connectivity index (χ1n) is 13.0. The first-order valence-corrected chi connectivity index (χ1v) is 13.0. The van der Waals surface area contributed by atoms with Crippen LogP contribution in [0.25, 0.3) is 22.2 Å². The third-order valence-electron chi connectivity index (χ3n) is 7.16. The third-order valence-corrected chi connectivity index (χ3v) is 7.16. The van der Waals surface area contributed by atoms with Gasteiger partial charge in [-0.15, -0.1) is 0 Å². The van der Waals surface area contributed by atoms with Crippen LogP contribution >= 0.6 is 0 Å². The quantitative estimate of drug-likeness (QED) is 0.299. The number of benzene rings is 3. The number of likely N-dealkylation sites (tertiary alicyclic amines) is 1. The number of hydrogen-bond acceptors (Lipinski definition) is 5. The molecular weight excluding hydrogens is 487 g/mol. The van der Waals surface area contributed by atoms with Gasteiger partial charge < -0.3 is 23.9 Å². The fraction of sp³-hybridized carbons (Fsp3) is 0.323. The standard InChI is InChI=1S/C31H34N2O4.Na/c1-3-29(31(34)35)37-26-14-12-23(13-15-26)28-19-24-8-4-5-9-27(24)33(28)20-22-10-11-25(30(18-22)36-2)21-32-16-6-7-17-32;/h4-5,8-15,18-19,29H,3,6-7,16-17,20-21H2,1-2H3,(H,34,35);/q;+1/p-1. The van der Waals surface area contributed by atoms with Crippen LogP contribution in [0.5, 0.6) is 11.5 Å². The van der Waals surface area contributed by atoms with E-state index in [9.17, 15) is 9.90 Å². The number of carboxylic acid groups (broad SMARTS) is 1. The van der Waals surface area contributed by atoms with E-state index in [-0.39, 0.29) is 29.6 Å². The number of ether oxygens (including phenoxy) is 2. The van der Waals surface area contributed by atoms with Crippen molar-refractivity contribution in [2.45, 2.75) is 45.4 Å². The molecule has 1 aliphatic rings. The second kappa shape index (κ2) is 12.9. The van der Waals surface area contributed by atoms with Gasteiger partial charge in [-0.25, -0.2) is 0 Å². The predicted octanol–water partition coefficient (Wildman–Crippen LogP) is 1.87. The number of carbonyl (C=O) groups is 1. The summed E-state index contributed by atoms with van der Waals surface area (Å²) in [6, 6.07) is 24.7. The van der Waals surface area contributed by atoms with Crippen LogP contribution in [0.2, 0.25) is 0 Å². The van der Waals surface area contributed by atoms with Crippen LogP contribution < -0.4 is 44.1 Å². The number of fused-ring (bicyclic) bond motifs is 1. The Morgan fingerprint density at radius 3 is 2.39 bits per heavy atom. The van der Waals surface area contributed by atoms with E-state index >= 15 is 0 Å². The summed E-state index contributed by atoms with van der Waals surface area (Å²) in [5, 5.41) is 12.4. The van der Waals surface area contributed by atoms with E-state index in [0.717, 1.165) is 42.2 Å². The molecule has 4 aromatic rings. The van der Waals surface area contributed by atoms with Crippen molar-refractivity contribution in [1.29, 1.82) is 0 Å².